The number of hydrogen-bond donors (Lipinski definition) is 2. The monoisotopic (exact) mass is 240 g/mol. The van der Waals surface area contributed by atoms with Crippen molar-refractivity contribution in [3.8, 4) is 5.75 Å². The zero-order valence-electron chi connectivity index (χ0n) is 9.37. The van der Waals surface area contributed by atoms with Gasteiger partial charge in [-0.25, -0.2) is 0 Å². The highest BCUT2D eigenvalue weighted by Crippen LogP contribution is 2.39. The summed E-state index contributed by atoms with van der Waals surface area (Å²) in [6, 6.07) is 5.83. The predicted octanol–water partition coefficient (Wildman–Crippen LogP) is 2.65. The van der Waals surface area contributed by atoms with Crippen molar-refractivity contribution in [2.45, 2.75) is 25.3 Å². The minimum Gasteiger partial charge on any atom is -0.496 e. The molecular formula is C12H17ClN2O. The molecule has 1 saturated carbocycles. The molecule has 1 aromatic carbocycles. The van der Waals surface area contributed by atoms with Crippen molar-refractivity contribution in [1.82, 2.24) is 5.43 Å². The van der Waals surface area contributed by atoms with Gasteiger partial charge in [-0.2, -0.15) is 0 Å². The summed E-state index contributed by atoms with van der Waals surface area (Å²) in [4.78, 5) is 0. The fourth-order valence-corrected chi connectivity index (χ4v) is 2.11. The van der Waals surface area contributed by atoms with Crippen LogP contribution in [0.15, 0.2) is 18.2 Å². The zero-order valence-corrected chi connectivity index (χ0v) is 10.1. The first kappa shape index (κ1) is 11.7. The van der Waals surface area contributed by atoms with Gasteiger partial charge >= 0.3 is 0 Å². The van der Waals surface area contributed by atoms with Gasteiger partial charge in [0.25, 0.3) is 0 Å². The van der Waals surface area contributed by atoms with E-state index in [1.807, 2.05) is 18.2 Å². The highest BCUT2D eigenvalue weighted by molar-refractivity contribution is 6.30. The predicted molar refractivity (Wildman–Crippen MR) is 65.4 cm³/mol. The van der Waals surface area contributed by atoms with Gasteiger partial charge in [-0.15, -0.1) is 0 Å². The topological polar surface area (TPSA) is 47.3 Å². The van der Waals surface area contributed by atoms with Crippen LogP contribution in [0.3, 0.4) is 0 Å². The third kappa shape index (κ3) is 2.67. The molecule has 0 aromatic heterocycles. The van der Waals surface area contributed by atoms with Crippen molar-refractivity contribution in [3.05, 3.63) is 28.8 Å². The van der Waals surface area contributed by atoms with Crippen molar-refractivity contribution < 1.29 is 4.74 Å². The maximum Gasteiger partial charge on any atom is 0.125 e. The zero-order chi connectivity index (χ0) is 11.5. The molecule has 4 heteroatoms. The average Bonchev–Trinajstić information content (AvgIpc) is 3.10. The van der Waals surface area contributed by atoms with E-state index in [9.17, 15) is 0 Å². The number of nitrogens with two attached hydrogens (primary N) is 1. The van der Waals surface area contributed by atoms with Gasteiger partial charge in [0.15, 0.2) is 0 Å². The maximum absolute atomic E-state index is 5.93. The van der Waals surface area contributed by atoms with Gasteiger partial charge in [0.2, 0.25) is 0 Å². The van der Waals surface area contributed by atoms with E-state index in [0.29, 0.717) is 5.02 Å². The number of rotatable bonds is 5. The van der Waals surface area contributed by atoms with Gasteiger partial charge in [0.1, 0.15) is 5.75 Å². The molecule has 1 fully saturated rings. The second-order valence-corrected chi connectivity index (χ2v) is 4.72. The van der Waals surface area contributed by atoms with Gasteiger partial charge in [-0.1, -0.05) is 30.5 Å². The minimum atomic E-state index is 0.153. The first-order valence-corrected chi connectivity index (χ1v) is 5.92. The van der Waals surface area contributed by atoms with Crippen LogP contribution in [0.1, 0.15) is 30.9 Å². The van der Waals surface area contributed by atoms with Gasteiger partial charge < -0.3 is 4.74 Å². The number of benzene rings is 1. The normalized spacial score (nSPS) is 17.2. The van der Waals surface area contributed by atoms with Crippen molar-refractivity contribution in [2.75, 3.05) is 7.11 Å². The molecule has 1 aromatic rings. The Morgan fingerprint density at radius 3 is 2.88 bits per heavy atom. The number of methoxy groups -OCH3 is 1. The molecule has 1 aliphatic rings. The summed E-state index contributed by atoms with van der Waals surface area (Å²) in [5, 5.41) is 0.683. The molecule has 3 nitrogen and oxygen atoms in total. The Morgan fingerprint density at radius 2 is 2.31 bits per heavy atom. The fourth-order valence-electron chi connectivity index (χ4n) is 1.94. The molecule has 88 valence electrons. The largest absolute Gasteiger partial charge is 0.496 e. The van der Waals surface area contributed by atoms with Crippen molar-refractivity contribution in [3.63, 3.8) is 0 Å². The van der Waals surface area contributed by atoms with Crippen molar-refractivity contribution in [2.24, 2.45) is 11.8 Å². The number of halogens is 1. The fraction of sp³-hybridized carbons (Fsp3) is 0.500. The summed E-state index contributed by atoms with van der Waals surface area (Å²) < 4.78 is 5.33. The lowest BCUT2D eigenvalue weighted by Crippen LogP contribution is -2.28. The molecule has 1 aliphatic carbocycles. The third-order valence-corrected chi connectivity index (χ3v) is 3.27. The standard InChI is InChI=1S/C12H17ClN2O/c1-16-12-7-9(13)4-5-10(12)11(15-14)6-8-2-3-8/h4-5,7-8,11,15H,2-3,6,14H2,1H3. The summed E-state index contributed by atoms with van der Waals surface area (Å²) in [7, 11) is 1.65. The smallest absolute Gasteiger partial charge is 0.125 e. The van der Waals surface area contributed by atoms with Gasteiger partial charge in [0, 0.05) is 16.6 Å². The molecule has 16 heavy (non-hydrogen) atoms. The SMILES string of the molecule is COc1cc(Cl)ccc1C(CC1CC1)NN. The molecule has 0 bridgehead atoms. The molecular weight excluding hydrogens is 224 g/mol. The Balaban J connectivity index is 2.21. The van der Waals surface area contributed by atoms with Crippen molar-refractivity contribution >= 4 is 11.6 Å². The summed E-state index contributed by atoms with van der Waals surface area (Å²) in [6.07, 6.45) is 3.69. The molecule has 1 unspecified atom stereocenters. The Labute approximate surface area is 101 Å². The van der Waals surface area contributed by atoms with E-state index in [1.165, 1.54) is 12.8 Å². The molecule has 0 aliphatic heterocycles. The van der Waals surface area contributed by atoms with E-state index in [4.69, 9.17) is 22.2 Å². The van der Waals surface area contributed by atoms with Gasteiger partial charge in [0.05, 0.1) is 7.11 Å². The van der Waals surface area contributed by atoms with Crippen LogP contribution >= 0.6 is 11.6 Å². The first-order valence-electron chi connectivity index (χ1n) is 5.54. The highest BCUT2D eigenvalue weighted by Gasteiger charge is 2.27. The van der Waals surface area contributed by atoms with E-state index in [-0.39, 0.29) is 6.04 Å². The Bertz CT molecular complexity index is 366. The van der Waals surface area contributed by atoms with Gasteiger partial charge in [-0.3, -0.25) is 11.3 Å². The summed E-state index contributed by atoms with van der Waals surface area (Å²) in [5.74, 6) is 7.21. The number of ether oxygens (including phenoxy) is 1. The van der Waals surface area contributed by atoms with Crippen molar-refractivity contribution in [1.29, 1.82) is 0 Å². The number of hydrazine groups is 1. The van der Waals surface area contributed by atoms with Crippen LogP contribution in [0.25, 0.3) is 0 Å². The Morgan fingerprint density at radius 1 is 1.56 bits per heavy atom. The minimum absolute atomic E-state index is 0.153. The van der Waals surface area contributed by atoms with Crippen LogP contribution < -0.4 is 16.0 Å². The lowest BCUT2D eigenvalue weighted by Gasteiger charge is -2.19. The van der Waals surface area contributed by atoms with E-state index >= 15 is 0 Å². The van der Waals surface area contributed by atoms with Crippen LogP contribution in [0.4, 0.5) is 0 Å². The summed E-state index contributed by atoms with van der Waals surface area (Å²) >= 11 is 5.93. The molecule has 0 spiro atoms. The van der Waals surface area contributed by atoms with E-state index in [1.54, 1.807) is 7.11 Å². The van der Waals surface area contributed by atoms with Crippen LogP contribution in [0.5, 0.6) is 5.75 Å². The molecule has 0 saturated heterocycles. The third-order valence-electron chi connectivity index (χ3n) is 3.04. The quantitative estimate of drug-likeness (QED) is 0.615. The number of nitrogens with one attached hydrogen (secondary N) is 1. The molecule has 1 atom stereocenters. The van der Waals surface area contributed by atoms with Crippen LogP contribution in [-0.4, -0.2) is 7.11 Å². The summed E-state index contributed by atoms with van der Waals surface area (Å²) in [5.41, 5.74) is 3.95. The second kappa shape index (κ2) is 5.04. The number of hydrogen-bond acceptors (Lipinski definition) is 3. The molecule has 0 heterocycles. The molecule has 0 amide bonds. The Hall–Kier alpha value is -0.770. The lowest BCUT2D eigenvalue weighted by molar-refractivity contribution is 0.392. The average molecular weight is 241 g/mol. The Kier molecular flexibility index (Phi) is 3.69. The summed E-state index contributed by atoms with van der Waals surface area (Å²) in [6.45, 7) is 0. The molecule has 3 N–H and O–H groups in total. The molecule has 0 radical (unpaired) electrons. The highest BCUT2D eigenvalue weighted by atomic mass is 35.5. The van der Waals surface area contributed by atoms with E-state index < -0.39 is 0 Å². The lowest BCUT2D eigenvalue weighted by atomic mass is 10.0. The first-order chi connectivity index (χ1) is 7.74. The van der Waals surface area contributed by atoms with E-state index in [0.717, 1.165) is 23.7 Å². The van der Waals surface area contributed by atoms with Crippen LogP contribution in [-0.2, 0) is 0 Å². The maximum atomic E-state index is 5.93. The van der Waals surface area contributed by atoms with Crippen LogP contribution in [0, 0.1) is 5.92 Å². The van der Waals surface area contributed by atoms with Crippen LogP contribution in [0.2, 0.25) is 5.02 Å². The van der Waals surface area contributed by atoms with Gasteiger partial charge in [-0.05, 0) is 24.5 Å². The second-order valence-electron chi connectivity index (χ2n) is 4.28. The van der Waals surface area contributed by atoms with E-state index in [2.05, 4.69) is 5.43 Å². The molecule has 2 rings (SSSR count).